The SMILES string of the molecule is CCc1sc(C(=O)N2CCCC[C@@H]2C(=O)NC)cc1C. The summed E-state index contributed by atoms with van der Waals surface area (Å²) < 4.78 is 0. The zero-order chi connectivity index (χ0) is 14.7. The summed E-state index contributed by atoms with van der Waals surface area (Å²) >= 11 is 1.56. The van der Waals surface area contributed by atoms with Crippen LogP contribution < -0.4 is 5.32 Å². The average molecular weight is 294 g/mol. The highest BCUT2D eigenvalue weighted by atomic mass is 32.1. The number of aryl methyl sites for hydroxylation is 2. The summed E-state index contributed by atoms with van der Waals surface area (Å²) in [5, 5.41) is 2.67. The highest BCUT2D eigenvalue weighted by molar-refractivity contribution is 7.14. The van der Waals surface area contributed by atoms with E-state index in [2.05, 4.69) is 12.2 Å². The van der Waals surface area contributed by atoms with E-state index in [-0.39, 0.29) is 17.9 Å². The van der Waals surface area contributed by atoms with Gasteiger partial charge in [-0.25, -0.2) is 0 Å². The fourth-order valence-electron chi connectivity index (χ4n) is 2.73. The van der Waals surface area contributed by atoms with Crippen LogP contribution in [0.2, 0.25) is 0 Å². The quantitative estimate of drug-likeness (QED) is 0.930. The molecule has 0 aromatic carbocycles. The molecule has 1 atom stereocenters. The van der Waals surface area contributed by atoms with E-state index >= 15 is 0 Å². The van der Waals surface area contributed by atoms with E-state index in [4.69, 9.17) is 0 Å². The van der Waals surface area contributed by atoms with Crippen LogP contribution in [0.1, 0.15) is 46.3 Å². The number of thiophene rings is 1. The van der Waals surface area contributed by atoms with Crippen LogP contribution in [0.15, 0.2) is 6.07 Å². The first-order valence-corrected chi connectivity index (χ1v) is 8.02. The van der Waals surface area contributed by atoms with Gasteiger partial charge in [0.25, 0.3) is 5.91 Å². The highest BCUT2D eigenvalue weighted by Gasteiger charge is 2.32. The molecule has 110 valence electrons. The van der Waals surface area contributed by atoms with Gasteiger partial charge in [-0.1, -0.05) is 6.92 Å². The van der Waals surface area contributed by atoms with Gasteiger partial charge in [-0.05, 0) is 44.2 Å². The third kappa shape index (κ3) is 2.87. The van der Waals surface area contributed by atoms with Crippen LogP contribution in [-0.2, 0) is 11.2 Å². The summed E-state index contributed by atoms with van der Waals surface area (Å²) in [6, 6.07) is 1.65. The molecule has 2 heterocycles. The van der Waals surface area contributed by atoms with Crippen LogP contribution in [0.4, 0.5) is 0 Å². The van der Waals surface area contributed by atoms with E-state index in [9.17, 15) is 9.59 Å². The lowest BCUT2D eigenvalue weighted by Crippen LogP contribution is -2.51. The minimum absolute atomic E-state index is 0.00565. The number of carbonyl (C=O) groups is 2. The van der Waals surface area contributed by atoms with E-state index in [0.29, 0.717) is 6.54 Å². The van der Waals surface area contributed by atoms with Crippen molar-refractivity contribution >= 4 is 23.2 Å². The molecule has 20 heavy (non-hydrogen) atoms. The van der Waals surface area contributed by atoms with Gasteiger partial charge >= 0.3 is 0 Å². The molecule has 1 aromatic heterocycles. The van der Waals surface area contributed by atoms with E-state index in [0.717, 1.165) is 30.6 Å². The first kappa shape index (κ1) is 15.0. The van der Waals surface area contributed by atoms with Crippen LogP contribution in [0.3, 0.4) is 0 Å². The van der Waals surface area contributed by atoms with Crippen molar-refractivity contribution in [1.29, 1.82) is 0 Å². The third-order valence-corrected chi connectivity index (χ3v) is 5.23. The third-order valence-electron chi connectivity index (χ3n) is 3.87. The van der Waals surface area contributed by atoms with Gasteiger partial charge in [-0.2, -0.15) is 0 Å². The first-order valence-electron chi connectivity index (χ1n) is 7.20. The smallest absolute Gasteiger partial charge is 0.264 e. The zero-order valence-electron chi connectivity index (χ0n) is 12.4. The van der Waals surface area contributed by atoms with Crippen molar-refractivity contribution in [3.05, 3.63) is 21.4 Å². The minimum atomic E-state index is -0.311. The highest BCUT2D eigenvalue weighted by Crippen LogP contribution is 2.26. The van der Waals surface area contributed by atoms with E-state index < -0.39 is 0 Å². The van der Waals surface area contributed by atoms with E-state index in [1.165, 1.54) is 10.4 Å². The monoisotopic (exact) mass is 294 g/mol. The van der Waals surface area contributed by atoms with Gasteiger partial charge in [0.1, 0.15) is 6.04 Å². The van der Waals surface area contributed by atoms with Crippen molar-refractivity contribution in [3.63, 3.8) is 0 Å². The number of carbonyl (C=O) groups excluding carboxylic acids is 2. The molecule has 1 aromatic rings. The Kier molecular flexibility index (Phi) is 4.81. The Morgan fingerprint density at radius 1 is 1.45 bits per heavy atom. The number of nitrogens with one attached hydrogen (secondary N) is 1. The second-order valence-corrected chi connectivity index (χ2v) is 6.33. The van der Waals surface area contributed by atoms with Crippen molar-refractivity contribution in [3.8, 4) is 0 Å². The van der Waals surface area contributed by atoms with Crippen molar-refractivity contribution in [1.82, 2.24) is 10.2 Å². The lowest BCUT2D eigenvalue weighted by atomic mass is 10.0. The van der Waals surface area contributed by atoms with E-state index in [1.54, 1.807) is 23.3 Å². The summed E-state index contributed by atoms with van der Waals surface area (Å²) in [7, 11) is 1.63. The molecule has 0 aliphatic carbocycles. The number of hydrogen-bond donors (Lipinski definition) is 1. The van der Waals surface area contributed by atoms with Gasteiger partial charge < -0.3 is 10.2 Å². The van der Waals surface area contributed by atoms with Crippen LogP contribution in [0.25, 0.3) is 0 Å². The molecule has 1 aliphatic heterocycles. The van der Waals surface area contributed by atoms with E-state index in [1.807, 2.05) is 13.0 Å². The van der Waals surface area contributed by atoms with Gasteiger partial charge in [-0.15, -0.1) is 11.3 Å². The fourth-order valence-corrected chi connectivity index (χ4v) is 3.80. The van der Waals surface area contributed by atoms with Crippen molar-refractivity contribution < 1.29 is 9.59 Å². The second-order valence-electron chi connectivity index (χ2n) is 5.19. The summed E-state index contributed by atoms with van der Waals surface area (Å²) in [5.41, 5.74) is 1.18. The summed E-state index contributed by atoms with van der Waals surface area (Å²) in [6.07, 6.45) is 3.69. The van der Waals surface area contributed by atoms with Gasteiger partial charge in [0, 0.05) is 18.5 Å². The second kappa shape index (κ2) is 6.39. The predicted octanol–water partition coefficient (Wildman–Crippen LogP) is 2.36. The molecule has 1 fully saturated rings. The largest absolute Gasteiger partial charge is 0.357 e. The fraction of sp³-hybridized carbons (Fsp3) is 0.600. The van der Waals surface area contributed by atoms with Gasteiger partial charge in [0.2, 0.25) is 5.91 Å². The standard InChI is InChI=1S/C15H22N2O2S/c1-4-12-10(2)9-13(20-12)15(19)17-8-6-5-7-11(17)14(18)16-3/h9,11H,4-8H2,1-3H3,(H,16,18)/t11-/m1/s1. The van der Waals surface area contributed by atoms with Gasteiger partial charge in [0.05, 0.1) is 4.88 Å². The Labute approximate surface area is 124 Å². The zero-order valence-corrected chi connectivity index (χ0v) is 13.2. The number of rotatable bonds is 3. The normalized spacial score (nSPS) is 18.9. The number of nitrogens with zero attached hydrogens (tertiary/aromatic N) is 1. The Hall–Kier alpha value is -1.36. The number of piperidine rings is 1. The molecule has 2 amide bonds. The van der Waals surface area contributed by atoms with Gasteiger partial charge in [-0.3, -0.25) is 9.59 Å². The molecule has 5 heteroatoms. The molecule has 4 nitrogen and oxygen atoms in total. The Balaban J connectivity index is 2.22. The van der Waals surface area contributed by atoms with Crippen LogP contribution in [-0.4, -0.2) is 36.3 Å². The maximum Gasteiger partial charge on any atom is 0.264 e. The molecule has 0 saturated carbocycles. The van der Waals surface area contributed by atoms with Crippen LogP contribution >= 0.6 is 11.3 Å². The molecule has 0 bridgehead atoms. The predicted molar refractivity (Wildman–Crippen MR) is 81.2 cm³/mol. The van der Waals surface area contributed by atoms with Crippen molar-refractivity contribution in [2.45, 2.75) is 45.6 Å². The molecule has 1 N–H and O–H groups in total. The van der Waals surface area contributed by atoms with Crippen LogP contribution in [0.5, 0.6) is 0 Å². The first-order chi connectivity index (χ1) is 9.58. The number of likely N-dealkylation sites (N-methyl/N-ethyl adjacent to an activating group) is 1. The summed E-state index contributed by atoms with van der Waals surface area (Å²) in [6.45, 7) is 4.81. The van der Waals surface area contributed by atoms with Crippen molar-refractivity contribution in [2.24, 2.45) is 0 Å². The summed E-state index contributed by atoms with van der Waals surface area (Å²) in [5.74, 6) is -0.0480. The van der Waals surface area contributed by atoms with Gasteiger partial charge in [0.15, 0.2) is 0 Å². The number of likely N-dealkylation sites (tertiary alicyclic amines) is 1. The van der Waals surface area contributed by atoms with Crippen molar-refractivity contribution in [2.75, 3.05) is 13.6 Å². The minimum Gasteiger partial charge on any atom is -0.357 e. The molecular weight excluding hydrogens is 272 g/mol. The molecule has 2 rings (SSSR count). The Morgan fingerprint density at radius 2 is 2.20 bits per heavy atom. The average Bonchev–Trinajstić information content (AvgIpc) is 2.86. The molecule has 0 spiro atoms. The molecule has 1 saturated heterocycles. The molecule has 0 unspecified atom stereocenters. The lowest BCUT2D eigenvalue weighted by molar-refractivity contribution is -0.126. The maximum absolute atomic E-state index is 12.7. The molecule has 1 aliphatic rings. The number of hydrogen-bond acceptors (Lipinski definition) is 3. The Bertz CT molecular complexity index is 510. The topological polar surface area (TPSA) is 49.4 Å². The lowest BCUT2D eigenvalue weighted by Gasteiger charge is -2.34. The number of amides is 2. The van der Waals surface area contributed by atoms with Crippen LogP contribution in [0, 0.1) is 6.92 Å². The molecular formula is C15H22N2O2S. The Morgan fingerprint density at radius 3 is 2.80 bits per heavy atom. The molecule has 0 radical (unpaired) electrons. The summed E-state index contributed by atoms with van der Waals surface area (Å²) in [4.78, 5) is 28.4. The maximum atomic E-state index is 12.7.